The topological polar surface area (TPSA) is 97.7 Å². The van der Waals surface area contributed by atoms with Gasteiger partial charge >= 0.3 is 11.9 Å². The number of hydrogen-bond acceptors (Lipinski definition) is 5. The summed E-state index contributed by atoms with van der Waals surface area (Å²) in [5, 5.41) is 7.43. The van der Waals surface area contributed by atoms with Gasteiger partial charge in [-0.3, -0.25) is 9.59 Å². The summed E-state index contributed by atoms with van der Waals surface area (Å²) in [6.45, 7) is 1.31. The maximum absolute atomic E-state index is 11.4. The van der Waals surface area contributed by atoms with E-state index in [1.807, 2.05) is 0 Å². The Morgan fingerprint density at radius 1 is 1.40 bits per heavy atom. The van der Waals surface area contributed by atoms with Crippen LogP contribution in [-0.2, 0) is 24.2 Å². The van der Waals surface area contributed by atoms with Gasteiger partial charge < -0.3 is 9.84 Å². The van der Waals surface area contributed by atoms with Crippen molar-refractivity contribution >= 4 is 21.8 Å². The summed E-state index contributed by atoms with van der Waals surface area (Å²) in [6.07, 6.45) is -0.702. The largest absolute Gasteiger partial charge is 0.481 e. The van der Waals surface area contributed by atoms with E-state index in [1.54, 1.807) is 0 Å². The molecule has 0 aromatic rings. The summed E-state index contributed by atoms with van der Waals surface area (Å²) in [6, 6.07) is 0. The van der Waals surface area contributed by atoms with E-state index in [-0.39, 0.29) is 12.2 Å². The molecule has 15 heavy (non-hydrogen) atoms. The summed E-state index contributed by atoms with van der Waals surface area (Å²) in [5.74, 6) is -2.18. The Labute approximate surface area is 88.2 Å². The zero-order chi connectivity index (χ0) is 12.1. The van der Waals surface area contributed by atoms with Crippen LogP contribution in [0.5, 0.6) is 0 Å². The molecule has 88 valence electrons. The van der Waals surface area contributed by atoms with E-state index in [2.05, 4.69) is 4.74 Å². The van der Waals surface area contributed by atoms with Gasteiger partial charge in [-0.2, -0.15) is 0 Å². The van der Waals surface area contributed by atoms with Gasteiger partial charge in [0.25, 0.3) is 0 Å². The fraction of sp³-hybridized carbons (Fsp3) is 0.750. The molecule has 0 saturated carbocycles. The Morgan fingerprint density at radius 2 is 1.93 bits per heavy atom. The van der Waals surface area contributed by atoms with Crippen molar-refractivity contribution in [2.45, 2.75) is 25.0 Å². The highest BCUT2D eigenvalue weighted by Gasteiger charge is 2.24. The van der Waals surface area contributed by atoms with Crippen molar-refractivity contribution < 1.29 is 27.9 Å². The Balaban J connectivity index is 4.29. The highest BCUT2D eigenvalue weighted by Crippen LogP contribution is 2.08. The van der Waals surface area contributed by atoms with E-state index in [4.69, 9.17) is 5.11 Å². The first-order chi connectivity index (χ1) is 6.79. The van der Waals surface area contributed by atoms with Crippen molar-refractivity contribution in [2.24, 2.45) is 0 Å². The standard InChI is InChI=1S/C8H14O6S/c1-6(5-7(9)10)15(12,13)4-3-8(11)14-2/h6H,3-5H2,1-2H3,(H,9,10). The molecule has 0 spiro atoms. The third kappa shape index (κ3) is 5.36. The lowest BCUT2D eigenvalue weighted by Crippen LogP contribution is -2.25. The van der Waals surface area contributed by atoms with Crippen LogP contribution in [0.25, 0.3) is 0 Å². The van der Waals surface area contributed by atoms with Crippen LogP contribution in [0.15, 0.2) is 0 Å². The van der Waals surface area contributed by atoms with Crippen molar-refractivity contribution in [2.75, 3.05) is 12.9 Å². The van der Waals surface area contributed by atoms with E-state index in [0.717, 1.165) is 7.11 Å². The second kappa shape index (κ2) is 5.69. The summed E-state index contributed by atoms with van der Waals surface area (Å²) in [4.78, 5) is 21.0. The maximum Gasteiger partial charge on any atom is 0.306 e. The Morgan fingerprint density at radius 3 is 2.33 bits per heavy atom. The van der Waals surface area contributed by atoms with E-state index >= 15 is 0 Å². The van der Waals surface area contributed by atoms with Gasteiger partial charge in [0.05, 0.1) is 31.0 Å². The SMILES string of the molecule is COC(=O)CCS(=O)(=O)C(C)CC(=O)O. The molecule has 0 aliphatic rings. The quantitative estimate of drug-likeness (QED) is 0.645. The number of aliphatic carboxylic acids is 1. The third-order valence-corrected chi connectivity index (χ3v) is 4.06. The summed E-state index contributed by atoms with van der Waals surface area (Å²) in [5.41, 5.74) is 0. The number of sulfone groups is 1. The maximum atomic E-state index is 11.4. The van der Waals surface area contributed by atoms with Gasteiger partial charge in [-0.25, -0.2) is 8.42 Å². The van der Waals surface area contributed by atoms with Crippen LogP contribution >= 0.6 is 0 Å². The number of esters is 1. The Hall–Kier alpha value is -1.11. The van der Waals surface area contributed by atoms with Crippen molar-refractivity contribution in [3.05, 3.63) is 0 Å². The molecule has 6 nitrogen and oxygen atoms in total. The first-order valence-corrected chi connectivity index (χ1v) is 6.01. The molecular weight excluding hydrogens is 224 g/mol. The number of rotatable bonds is 6. The van der Waals surface area contributed by atoms with Crippen molar-refractivity contribution in [3.63, 3.8) is 0 Å². The van der Waals surface area contributed by atoms with Gasteiger partial charge in [-0.05, 0) is 6.92 Å². The van der Waals surface area contributed by atoms with Gasteiger partial charge in [-0.15, -0.1) is 0 Å². The second-order valence-electron chi connectivity index (χ2n) is 3.10. The molecule has 0 bridgehead atoms. The minimum atomic E-state index is -3.54. The number of carbonyl (C=O) groups is 2. The molecule has 1 atom stereocenters. The van der Waals surface area contributed by atoms with Gasteiger partial charge in [0, 0.05) is 0 Å². The zero-order valence-corrected chi connectivity index (χ0v) is 9.41. The van der Waals surface area contributed by atoms with Crippen LogP contribution in [-0.4, -0.2) is 43.6 Å². The molecule has 1 unspecified atom stereocenters. The summed E-state index contributed by atoms with van der Waals surface area (Å²) >= 11 is 0. The van der Waals surface area contributed by atoms with Crippen molar-refractivity contribution in [1.82, 2.24) is 0 Å². The van der Waals surface area contributed by atoms with Gasteiger partial charge in [0.2, 0.25) is 0 Å². The van der Waals surface area contributed by atoms with Gasteiger partial charge in [0.15, 0.2) is 9.84 Å². The smallest absolute Gasteiger partial charge is 0.306 e. The third-order valence-electron chi connectivity index (χ3n) is 1.89. The number of hydrogen-bond donors (Lipinski definition) is 1. The van der Waals surface area contributed by atoms with Crippen LogP contribution in [0.3, 0.4) is 0 Å². The predicted octanol–water partition coefficient (Wildman–Crippen LogP) is -0.173. The van der Waals surface area contributed by atoms with Crippen LogP contribution in [0.4, 0.5) is 0 Å². The van der Waals surface area contributed by atoms with Crippen LogP contribution < -0.4 is 0 Å². The summed E-state index contributed by atoms with van der Waals surface area (Å²) < 4.78 is 27.1. The summed E-state index contributed by atoms with van der Waals surface area (Å²) in [7, 11) is -2.38. The highest BCUT2D eigenvalue weighted by atomic mass is 32.2. The van der Waals surface area contributed by atoms with E-state index < -0.39 is 33.4 Å². The van der Waals surface area contributed by atoms with Crippen LogP contribution in [0.1, 0.15) is 19.8 Å². The van der Waals surface area contributed by atoms with E-state index in [0.29, 0.717) is 0 Å². The molecule has 0 amide bonds. The Bertz CT molecular complexity index is 331. The number of ether oxygens (including phenoxy) is 1. The zero-order valence-electron chi connectivity index (χ0n) is 8.60. The lowest BCUT2D eigenvalue weighted by atomic mass is 10.3. The fourth-order valence-corrected chi connectivity index (χ4v) is 2.15. The van der Waals surface area contributed by atoms with Gasteiger partial charge in [0.1, 0.15) is 0 Å². The minimum absolute atomic E-state index is 0.247. The monoisotopic (exact) mass is 238 g/mol. The fourth-order valence-electron chi connectivity index (χ4n) is 0.902. The first-order valence-electron chi connectivity index (χ1n) is 4.29. The van der Waals surface area contributed by atoms with Crippen LogP contribution in [0, 0.1) is 0 Å². The Kier molecular flexibility index (Phi) is 5.27. The van der Waals surface area contributed by atoms with Crippen LogP contribution in [0.2, 0.25) is 0 Å². The lowest BCUT2D eigenvalue weighted by Gasteiger charge is -2.09. The van der Waals surface area contributed by atoms with E-state index in [9.17, 15) is 18.0 Å². The van der Waals surface area contributed by atoms with Crippen molar-refractivity contribution in [1.29, 1.82) is 0 Å². The molecule has 0 saturated heterocycles. The first kappa shape index (κ1) is 13.9. The second-order valence-corrected chi connectivity index (χ2v) is 5.64. The number of methoxy groups -OCH3 is 1. The molecule has 0 aliphatic carbocycles. The molecular formula is C8H14O6S. The molecule has 0 radical (unpaired) electrons. The number of carbonyl (C=O) groups excluding carboxylic acids is 1. The van der Waals surface area contributed by atoms with Gasteiger partial charge in [-0.1, -0.05) is 0 Å². The number of carboxylic acid groups (broad SMARTS) is 1. The number of carboxylic acids is 1. The molecule has 1 N–H and O–H groups in total. The molecule has 0 aliphatic heterocycles. The molecule has 0 heterocycles. The molecule has 0 aromatic carbocycles. The molecule has 7 heteroatoms. The average Bonchev–Trinajstić information content (AvgIpc) is 2.13. The van der Waals surface area contributed by atoms with E-state index in [1.165, 1.54) is 6.92 Å². The van der Waals surface area contributed by atoms with Crippen molar-refractivity contribution in [3.8, 4) is 0 Å². The molecule has 0 fully saturated rings. The predicted molar refractivity (Wildman–Crippen MR) is 52.1 cm³/mol. The molecule has 0 aromatic heterocycles. The minimum Gasteiger partial charge on any atom is -0.481 e. The highest BCUT2D eigenvalue weighted by molar-refractivity contribution is 7.92. The lowest BCUT2D eigenvalue weighted by molar-refractivity contribution is -0.140. The normalized spacial score (nSPS) is 13.2. The average molecular weight is 238 g/mol. The molecule has 0 rings (SSSR count).